The van der Waals surface area contributed by atoms with Crippen molar-refractivity contribution in [1.82, 2.24) is 10.2 Å². The summed E-state index contributed by atoms with van der Waals surface area (Å²) in [6.07, 6.45) is 2.01. The summed E-state index contributed by atoms with van der Waals surface area (Å²) in [4.78, 5) is 15.3. The largest absolute Gasteiger partial charge is 0.444 e. The van der Waals surface area contributed by atoms with E-state index in [-0.39, 0.29) is 6.09 Å². The van der Waals surface area contributed by atoms with Crippen LogP contribution < -0.4 is 5.32 Å². The number of thiophene rings is 1. The van der Waals surface area contributed by atoms with E-state index in [4.69, 9.17) is 4.74 Å². The van der Waals surface area contributed by atoms with E-state index in [9.17, 15) is 4.79 Å². The van der Waals surface area contributed by atoms with Crippen LogP contribution in [0.2, 0.25) is 0 Å². The molecule has 0 aliphatic carbocycles. The Hall–Kier alpha value is -1.07. The van der Waals surface area contributed by atoms with Gasteiger partial charge in [0.2, 0.25) is 0 Å². The zero-order valence-electron chi connectivity index (χ0n) is 14.1. The Labute approximate surface area is 137 Å². The van der Waals surface area contributed by atoms with Crippen molar-refractivity contribution in [2.75, 3.05) is 19.6 Å². The number of nitrogens with zero attached hydrogens (tertiary/aromatic N) is 1. The first-order valence-electron chi connectivity index (χ1n) is 8.10. The lowest BCUT2D eigenvalue weighted by molar-refractivity contribution is 0.0287. The van der Waals surface area contributed by atoms with Gasteiger partial charge in [0.05, 0.1) is 0 Å². The van der Waals surface area contributed by atoms with Crippen molar-refractivity contribution in [3.05, 3.63) is 22.4 Å². The lowest BCUT2D eigenvalue weighted by atomic mass is 10.1. The van der Waals surface area contributed by atoms with Crippen LogP contribution in [0.3, 0.4) is 0 Å². The molecule has 5 heteroatoms. The maximum Gasteiger partial charge on any atom is 0.410 e. The minimum absolute atomic E-state index is 0.171. The van der Waals surface area contributed by atoms with Gasteiger partial charge in [0, 0.05) is 24.0 Å². The number of hydrogen-bond acceptors (Lipinski definition) is 4. The summed E-state index contributed by atoms with van der Waals surface area (Å²) in [5, 5.41) is 5.68. The fourth-order valence-corrected chi connectivity index (χ4v) is 3.46. The second kappa shape index (κ2) is 7.47. The van der Waals surface area contributed by atoms with Crippen LogP contribution >= 0.6 is 11.3 Å². The number of carbonyl (C=O) groups is 1. The van der Waals surface area contributed by atoms with E-state index in [1.165, 1.54) is 4.88 Å². The van der Waals surface area contributed by atoms with Gasteiger partial charge >= 0.3 is 6.09 Å². The molecule has 0 bridgehead atoms. The summed E-state index contributed by atoms with van der Waals surface area (Å²) >= 11 is 1.79. The van der Waals surface area contributed by atoms with E-state index in [1.807, 2.05) is 25.7 Å². The van der Waals surface area contributed by atoms with Crippen LogP contribution in [0.4, 0.5) is 4.79 Å². The Morgan fingerprint density at radius 2 is 2.32 bits per heavy atom. The monoisotopic (exact) mass is 324 g/mol. The Kier molecular flexibility index (Phi) is 5.87. The minimum atomic E-state index is -0.410. The molecule has 1 N–H and O–H groups in total. The molecule has 0 aromatic carbocycles. The molecule has 22 heavy (non-hydrogen) atoms. The third-order valence-corrected chi connectivity index (χ3v) is 4.97. The van der Waals surface area contributed by atoms with Crippen LogP contribution in [0.1, 0.15) is 51.5 Å². The van der Waals surface area contributed by atoms with Gasteiger partial charge in [0.25, 0.3) is 0 Å². The molecular formula is C17H28N2O2S. The quantitative estimate of drug-likeness (QED) is 0.888. The lowest BCUT2D eigenvalue weighted by Crippen LogP contribution is -2.35. The third-order valence-electron chi connectivity index (χ3n) is 3.91. The van der Waals surface area contributed by atoms with E-state index in [0.29, 0.717) is 12.0 Å². The maximum atomic E-state index is 12.0. The van der Waals surface area contributed by atoms with E-state index in [0.717, 1.165) is 32.5 Å². The topological polar surface area (TPSA) is 41.6 Å². The zero-order valence-corrected chi connectivity index (χ0v) is 14.9. The van der Waals surface area contributed by atoms with Gasteiger partial charge in [-0.2, -0.15) is 0 Å². The van der Waals surface area contributed by atoms with E-state index >= 15 is 0 Å². The van der Waals surface area contributed by atoms with Gasteiger partial charge in [-0.15, -0.1) is 11.3 Å². The molecule has 1 fully saturated rings. The summed E-state index contributed by atoms with van der Waals surface area (Å²) in [6, 6.07) is 4.67. The van der Waals surface area contributed by atoms with Crippen molar-refractivity contribution in [1.29, 1.82) is 0 Å². The first kappa shape index (κ1) is 17.3. The van der Waals surface area contributed by atoms with Crippen LogP contribution in [-0.4, -0.2) is 36.2 Å². The highest BCUT2D eigenvalue weighted by Gasteiger charge is 2.29. The molecule has 2 rings (SSSR count). The Bertz CT molecular complexity index is 468. The molecule has 124 valence electrons. The van der Waals surface area contributed by atoms with Crippen LogP contribution in [0.15, 0.2) is 17.5 Å². The van der Waals surface area contributed by atoms with Crippen molar-refractivity contribution in [2.24, 2.45) is 5.92 Å². The van der Waals surface area contributed by atoms with E-state index < -0.39 is 5.60 Å². The Morgan fingerprint density at radius 3 is 2.95 bits per heavy atom. The van der Waals surface area contributed by atoms with E-state index in [2.05, 4.69) is 29.8 Å². The molecule has 1 aliphatic heterocycles. The van der Waals surface area contributed by atoms with E-state index in [1.54, 1.807) is 11.3 Å². The highest BCUT2D eigenvalue weighted by Crippen LogP contribution is 2.23. The first-order chi connectivity index (χ1) is 10.3. The molecule has 0 spiro atoms. The fourth-order valence-electron chi connectivity index (χ4n) is 2.70. The van der Waals surface area contributed by atoms with Gasteiger partial charge in [-0.25, -0.2) is 4.79 Å². The third kappa shape index (κ3) is 5.29. The highest BCUT2D eigenvalue weighted by atomic mass is 32.1. The van der Waals surface area contributed by atoms with Crippen LogP contribution in [0.5, 0.6) is 0 Å². The molecule has 2 heterocycles. The van der Waals surface area contributed by atoms with Gasteiger partial charge in [-0.05, 0) is 64.4 Å². The van der Waals surface area contributed by atoms with Crippen molar-refractivity contribution in [3.8, 4) is 0 Å². The zero-order chi connectivity index (χ0) is 16.2. The second-order valence-corrected chi connectivity index (χ2v) is 8.04. The summed E-state index contributed by atoms with van der Waals surface area (Å²) in [5.41, 5.74) is -0.410. The smallest absolute Gasteiger partial charge is 0.410 e. The van der Waals surface area contributed by atoms with Crippen LogP contribution in [0.25, 0.3) is 0 Å². The van der Waals surface area contributed by atoms with Crippen molar-refractivity contribution in [2.45, 2.75) is 52.2 Å². The van der Waals surface area contributed by atoms with Crippen LogP contribution in [0, 0.1) is 5.92 Å². The number of nitrogens with one attached hydrogen (secondary N) is 1. The van der Waals surface area contributed by atoms with Gasteiger partial charge in [0.1, 0.15) is 5.60 Å². The van der Waals surface area contributed by atoms with Crippen molar-refractivity contribution >= 4 is 17.4 Å². The van der Waals surface area contributed by atoms with Gasteiger partial charge in [0.15, 0.2) is 0 Å². The predicted molar refractivity (Wildman–Crippen MR) is 91.3 cm³/mol. The molecule has 2 unspecified atom stereocenters. The molecular weight excluding hydrogens is 296 g/mol. The molecule has 4 nitrogen and oxygen atoms in total. The van der Waals surface area contributed by atoms with Gasteiger partial charge < -0.3 is 15.0 Å². The second-order valence-electron chi connectivity index (χ2n) is 7.06. The van der Waals surface area contributed by atoms with Gasteiger partial charge in [-0.3, -0.25) is 0 Å². The molecule has 0 saturated carbocycles. The molecule has 0 radical (unpaired) electrons. The molecule has 1 aliphatic rings. The summed E-state index contributed by atoms with van der Waals surface area (Å²) in [5.74, 6) is 0.579. The number of hydrogen-bond donors (Lipinski definition) is 1. The van der Waals surface area contributed by atoms with Crippen LogP contribution in [-0.2, 0) is 4.74 Å². The SMILES string of the molecule is CC(NCCC1CCN(C(=O)OC(C)(C)C)C1)c1cccs1. The summed E-state index contributed by atoms with van der Waals surface area (Å²) in [6.45, 7) is 10.6. The number of rotatable bonds is 5. The minimum Gasteiger partial charge on any atom is -0.444 e. The average molecular weight is 324 g/mol. The highest BCUT2D eigenvalue weighted by molar-refractivity contribution is 7.10. The normalized spacial score (nSPS) is 20.2. The standard InChI is InChI=1S/C17H28N2O2S/c1-13(15-6-5-11-22-15)18-9-7-14-8-10-19(12-14)16(20)21-17(2,3)4/h5-6,11,13-14,18H,7-10,12H2,1-4H3. The molecule has 1 amide bonds. The number of amides is 1. The van der Waals surface area contributed by atoms with Crippen molar-refractivity contribution in [3.63, 3.8) is 0 Å². The summed E-state index contributed by atoms with van der Waals surface area (Å²) in [7, 11) is 0. The number of ether oxygens (including phenoxy) is 1. The fraction of sp³-hybridized carbons (Fsp3) is 0.706. The number of carbonyl (C=O) groups excluding carboxylic acids is 1. The molecule has 1 aromatic rings. The summed E-state index contributed by atoms with van der Waals surface area (Å²) < 4.78 is 5.43. The Morgan fingerprint density at radius 1 is 1.55 bits per heavy atom. The Balaban J connectivity index is 1.67. The predicted octanol–water partition coefficient (Wildman–Crippen LogP) is 4.05. The van der Waals surface area contributed by atoms with Gasteiger partial charge in [-0.1, -0.05) is 6.07 Å². The molecule has 1 saturated heterocycles. The average Bonchev–Trinajstić information content (AvgIpc) is 3.08. The molecule has 2 atom stereocenters. The maximum absolute atomic E-state index is 12.0. The first-order valence-corrected chi connectivity index (χ1v) is 8.98. The lowest BCUT2D eigenvalue weighted by Gasteiger charge is -2.24. The molecule has 1 aromatic heterocycles. The number of likely N-dealkylation sites (tertiary alicyclic amines) is 1. The van der Waals surface area contributed by atoms with Crippen molar-refractivity contribution < 1.29 is 9.53 Å².